The van der Waals surface area contributed by atoms with E-state index >= 15 is 0 Å². The number of ether oxygens (including phenoxy) is 1. The Kier molecular flexibility index (Phi) is 8.49. The second kappa shape index (κ2) is 10.6. The van der Waals surface area contributed by atoms with Crippen LogP contribution >= 0.6 is 11.6 Å². The van der Waals surface area contributed by atoms with Crippen LogP contribution in [-0.2, 0) is 21.2 Å². The van der Waals surface area contributed by atoms with E-state index < -0.39 is 10.0 Å². The second-order valence-electron chi connectivity index (χ2n) is 6.78. The molecule has 2 rings (SSSR count). The van der Waals surface area contributed by atoms with Crippen molar-refractivity contribution in [2.24, 2.45) is 0 Å². The highest BCUT2D eigenvalue weighted by Gasteiger charge is 2.24. The Balaban J connectivity index is 1.92. The number of amides is 1. The monoisotopic (exact) mass is 438 g/mol. The van der Waals surface area contributed by atoms with Crippen LogP contribution in [-0.4, -0.2) is 44.9 Å². The van der Waals surface area contributed by atoms with Crippen LogP contribution in [0.5, 0.6) is 5.75 Å². The summed E-state index contributed by atoms with van der Waals surface area (Å²) in [6, 6.07) is 14.2. The SMILES string of the molecule is CCOc1ccc(S(=O)(=O)N(C)CC(=O)N[C@@H](C)CCc2ccccc2)cc1Cl. The van der Waals surface area contributed by atoms with Crippen LogP contribution in [0.25, 0.3) is 0 Å². The molecule has 0 aliphatic carbocycles. The molecular weight excluding hydrogens is 412 g/mol. The first-order chi connectivity index (χ1) is 13.7. The maximum absolute atomic E-state index is 12.7. The van der Waals surface area contributed by atoms with Gasteiger partial charge < -0.3 is 10.1 Å². The zero-order valence-corrected chi connectivity index (χ0v) is 18.5. The van der Waals surface area contributed by atoms with Crippen LogP contribution in [0.15, 0.2) is 53.4 Å². The minimum absolute atomic E-state index is 0.0124. The molecule has 0 aliphatic rings. The minimum Gasteiger partial charge on any atom is -0.492 e. The number of hydrogen-bond donors (Lipinski definition) is 1. The zero-order valence-electron chi connectivity index (χ0n) is 16.9. The summed E-state index contributed by atoms with van der Waals surface area (Å²) in [5, 5.41) is 3.06. The van der Waals surface area contributed by atoms with Crippen molar-refractivity contribution in [1.82, 2.24) is 9.62 Å². The Hall–Kier alpha value is -2.09. The third-order valence-corrected chi connectivity index (χ3v) is 6.49. The fraction of sp³-hybridized carbons (Fsp3) is 0.381. The molecule has 158 valence electrons. The highest BCUT2D eigenvalue weighted by molar-refractivity contribution is 7.89. The molecule has 1 N–H and O–H groups in total. The molecule has 0 radical (unpaired) electrons. The van der Waals surface area contributed by atoms with Crippen molar-refractivity contribution in [3.63, 3.8) is 0 Å². The minimum atomic E-state index is -3.85. The van der Waals surface area contributed by atoms with Gasteiger partial charge in [0, 0.05) is 13.1 Å². The fourth-order valence-corrected chi connectivity index (χ4v) is 4.26. The van der Waals surface area contributed by atoms with E-state index in [1.165, 1.54) is 30.8 Å². The van der Waals surface area contributed by atoms with Gasteiger partial charge in [-0.05, 0) is 50.5 Å². The van der Waals surface area contributed by atoms with Crippen molar-refractivity contribution in [3.05, 3.63) is 59.1 Å². The van der Waals surface area contributed by atoms with Gasteiger partial charge in [-0.3, -0.25) is 4.79 Å². The van der Waals surface area contributed by atoms with E-state index in [4.69, 9.17) is 16.3 Å². The number of carbonyl (C=O) groups excluding carboxylic acids is 1. The number of sulfonamides is 1. The van der Waals surface area contributed by atoms with Gasteiger partial charge in [0.1, 0.15) is 5.75 Å². The standard InChI is InChI=1S/C21H27ClN2O4S/c1-4-28-20-13-12-18(14-19(20)22)29(26,27)24(3)15-21(25)23-16(2)10-11-17-8-6-5-7-9-17/h5-9,12-14,16H,4,10-11,15H2,1-3H3,(H,23,25)/t16-/m0/s1. The Morgan fingerprint density at radius 3 is 2.52 bits per heavy atom. The van der Waals surface area contributed by atoms with Gasteiger partial charge in [-0.15, -0.1) is 0 Å². The third-order valence-electron chi connectivity index (χ3n) is 4.39. The summed E-state index contributed by atoms with van der Waals surface area (Å²) in [4.78, 5) is 12.3. The van der Waals surface area contributed by atoms with Gasteiger partial charge in [-0.25, -0.2) is 8.42 Å². The van der Waals surface area contributed by atoms with Gasteiger partial charge in [0.05, 0.1) is 23.1 Å². The molecule has 2 aromatic rings. The molecule has 0 aromatic heterocycles. The van der Waals surface area contributed by atoms with Gasteiger partial charge in [0.15, 0.2) is 0 Å². The van der Waals surface area contributed by atoms with Crippen LogP contribution in [0.4, 0.5) is 0 Å². The Bertz CT molecular complexity index is 920. The Morgan fingerprint density at radius 1 is 1.21 bits per heavy atom. The highest BCUT2D eigenvalue weighted by Crippen LogP contribution is 2.28. The largest absolute Gasteiger partial charge is 0.492 e. The summed E-state index contributed by atoms with van der Waals surface area (Å²) < 4.78 is 31.8. The quantitative estimate of drug-likeness (QED) is 0.616. The fourth-order valence-electron chi connectivity index (χ4n) is 2.80. The number of benzene rings is 2. The van der Waals surface area contributed by atoms with Crippen molar-refractivity contribution < 1.29 is 17.9 Å². The molecule has 8 heteroatoms. The number of halogens is 1. The van der Waals surface area contributed by atoms with Gasteiger partial charge in [0.2, 0.25) is 15.9 Å². The summed E-state index contributed by atoms with van der Waals surface area (Å²) in [7, 11) is -2.48. The van der Waals surface area contributed by atoms with Crippen molar-refractivity contribution in [2.75, 3.05) is 20.2 Å². The molecule has 0 saturated heterocycles. The average Bonchev–Trinajstić information content (AvgIpc) is 2.68. The number of carbonyl (C=O) groups is 1. The van der Waals surface area contributed by atoms with Crippen molar-refractivity contribution >= 4 is 27.5 Å². The van der Waals surface area contributed by atoms with Gasteiger partial charge in [-0.2, -0.15) is 4.31 Å². The summed E-state index contributed by atoms with van der Waals surface area (Å²) in [5.74, 6) is 0.0643. The Labute approximate surface area is 177 Å². The van der Waals surface area contributed by atoms with E-state index in [1.807, 2.05) is 44.2 Å². The smallest absolute Gasteiger partial charge is 0.243 e. The summed E-state index contributed by atoms with van der Waals surface area (Å²) in [5.41, 5.74) is 1.20. The van der Waals surface area contributed by atoms with E-state index in [0.29, 0.717) is 12.4 Å². The number of rotatable bonds is 10. The lowest BCUT2D eigenvalue weighted by Crippen LogP contribution is -2.41. The molecule has 6 nitrogen and oxygen atoms in total. The van der Waals surface area contributed by atoms with Crippen LogP contribution in [0, 0.1) is 0 Å². The maximum Gasteiger partial charge on any atom is 0.243 e. The molecule has 0 saturated carbocycles. The summed E-state index contributed by atoms with van der Waals surface area (Å²) >= 11 is 6.09. The average molecular weight is 439 g/mol. The molecule has 0 aliphatic heterocycles. The second-order valence-corrected chi connectivity index (χ2v) is 9.23. The maximum atomic E-state index is 12.7. The first-order valence-electron chi connectivity index (χ1n) is 9.46. The lowest BCUT2D eigenvalue weighted by Gasteiger charge is -2.19. The molecular formula is C21H27ClN2O4S. The van der Waals surface area contributed by atoms with E-state index in [0.717, 1.165) is 17.1 Å². The first-order valence-corrected chi connectivity index (χ1v) is 11.3. The normalized spacial score (nSPS) is 12.6. The highest BCUT2D eigenvalue weighted by atomic mass is 35.5. The first kappa shape index (κ1) is 23.2. The van der Waals surface area contributed by atoms with E-state index in [-0.39, 0.29) is 28.4 Å². The van der Waals surface area contributed by atoms with Crippen LogP contribution in [0.3, 0.4) is 0 Å². The molecule has 2 aromatic carbocycles. The van der Waals surface area contributed by atoms with E-state index in [2.05, 4.69) is 5.32 Å². The molecule has 0 heterocycles. The number of hydrogen-bond acceptors (Lipinski definition) is 4. The number of nitrogens with zero attached hydrogens (tertiary/aromatic N) is 1. The van der Waals surface area contributed by atoms with Crippen molar-refractivity contribution in [3.8, 4) is 5.75 Å². The van der Waals surface area contributed by atoms with Gasteiger partial charge in [0.25, 0.3) is 0 Å². The predicted molar refractivity (Wildman–Crippen MR) is 115 cm³/mol. The topological polar surface area (TPSA) is 75.7 Å². The van der Waals surface area contributed by atoms with E-state index in [9.17, 15) is 13.2 Å². The van der Waals surface area contributed by atoms with Crippen LogP contribution in [0.1, 0.15) is 25.8 Å². The molecule has 29 heavy (non-hydrogen) atoms. The zero-order chi connectivity index (χ0) is 21.4. The lowest BCUT2D eigenvalue weighted by molar-refractivity contribution is -0.121. The molecule has 0 bridgehead atoms. The van der Waals surface area contributed by atoms with Gasteiger partial charge >= 0.3 is 0 Å². The summed E-state index contributed by atoms with van der Waals surface area (Å²) in [6.07, 6.45) is 1.60. The number of likely N-dealkylation sites (N-methyl/N-ethyl adjacent to an activating group) is 1. The third kappa shape index (κ3) is 6.73. The molecule has 1 atom stereocenters. The van der Waals surface area contributed by atoms with Crippen LogP contribution in [0.2, 0.25) is 5.02 Å². The van der Waals surface area contributed by atoms with Crippen LogP contribution < -0.4 is 10.1 Å². The van der Waals surface area contributed by atoms with Crippen molar-refractivity contribution in [2.45, 2.75) is 37.6 Å². The molecule has 1 amide bonds. The molecule has 0 spiro atoms. The van der Waals surface area contributed by atoms with Gasteiger partial charge in [-0.1, -0.05) is 41.9 Å². The molecule has 0 fully saturated rings. The predicted octanol–water partition coefficient (Wildman–Crippen LogP) is 3.50. The van der Waals surface area contributed by atoms with E-state index in [1.54, 1.807) is 0 Å². The Morgan fingerprint density at radius 2 is 1.90 bits per heavy atom. The summed E-state index contributed by atoms with van der Waals surface area (Å²) in [6.45, 7) is 3.87. The molecule has 0 unspecified atom stereocenters. The number of nitrogens with one attached hydrogen (secondary N) is 1. The van der Waals surface area contributed by atoms with Crippen molar-refractivity contribution in [1.29, 1.82) is 0 Å². The lowest BCUT2D eigenvalue weighted by atomic mass is 10.1. The number of aryl methyl sites for hydroxylation is 1.